The molecule has 0 fully saturated rings. The Morgan fingerprint density at radius 3 is 2.41 bits per heavy atom. The van der Waals surface area contributed by atoms with E-state index in [0.29, 0.717) is 17.0 Å². The fraction of sp³-hybridized carbons (Fsp3) is 0.0556. The first kappa shape index (κ1) is 17.1. The number of aromatic amines is 1. The van der Waals surface area contributed by atoms with Gasteiger partial charge in [-0.15, -0.1) is 0 Å². The lowest BCUT2D eigenvalue weighted by Gasteiger charge is -2.09. The molecule has 0 atom stereocenters. The lowest BCUT2D eigenvalue weighted by molar-refractivity contribution is 0.599. The van der Waals surface area contributed by atoms with Crippen LogP contribution < -0.4 is 4.72 Å². The number of aryl methyl sites for hydroxylation is 1. The predicted octanol–water partition coefficient (Wildman–Crippen LogP) is 3.27. The van der Waals surface area contributed by atoms with Crippen LogP contribution in [0.1, 0.15) is 5.69 Å². The van der Waals surface area contributed by atoms with Crippen molar-refractivity contribution in [3.63, 3.8) is 0 Å². The number of fused-ring (bicyclic) bond motifs is 1. The third kappa shape index (κ3) is 3.24. The van der Waals surface area contributed by atoms with E-state index in [1.54, 1.807) is 24.3 Å². The summed E-state index contributed by atoms with van der Waals surface area (Å²) in [6.07, 6.45) is 1.43. The fourth-order valence-electron chi connectivity index (χ4n) is 2.74. The first-order valence-corrected chi connectivity index (χ1v) is 9.47. The van der Waals surface area contributed by atoms with E-state index in [4.69, 9.17) is 0 Å². The molecule has 4 rings (SSSR count). The molecule has 136 valence electrons. The number of nitrogens with one attached hydrogen (secondary N) is 2. The van der Waals surface area contributed by atoms with Gasteiger partial charge in [-0.1, -0.05) is 12.1 Å². The molecule has 0 amide bonds. The Bertz CT molecular complexity index is 1220. The molecule has 2 aromatic carbocycles. The van der Waals surface area contributed by atoms with Crippen LogP contribution in [0, 0.1) is 12.7 Å². The minimum Gasteiger partial charge on any atom is -0.280 e. The molecule has 0 bridgehead atoms. The molecule has 0 aliphatic carbocycles. The highest BCUT2D eigenvalue weighted by atomic mass is 32.2. The monoisotopic (exact) mass is 383 g/mol. The lowest BCUT2D eigenvalue weighted by atomic mass is 10.1. The summed E-state index contributed by atoms with van der Waals surface area (Å²) in [6.45, 7) is 1.88. The zero-order valence-electron chi connectivity index (χ0n) is 14.1. The highest BCUT2D eigenvalue weighted by Gasteiger charge is 2.15. The molecule has 9 heteroatoms. The van der Waals surface area contributed by atoms with Gasteiger partial charge in [0.15, 0.2) is 5.65 Å². The molecule has 0 spiro atoms. The van der Waals surface area contributed by atoms with Gasteiger partial charge in [0.2, 0.25) is 0 Å². The number of nitrogens with zero attached hydrogens (tertiary/aromatic N) is 3. The van der Waals surface area contributed by atoms with Crippen molar-refractivity contribution in [2.75, 3.05) is 4.72 Å². The maximum absolute atomic E-state index is 13.0. The highest BCUT2D eigenvalue weighted by Crippen LogP contribution is 2.28. The molecule has 2 aromatic heterocycles. The minimum atomic E-state index is -3.80. The Morgan fingerprint density at radius 2 is 1.70 bits per heavy atom. The van der Waals surface area contributed by atoms with E-state index in [1.165, 1.54) is 18.5 Å². The SMILES string of the molecule is Cc1[nH]nc2ncnc(-c3ccc(NS(=O)(=O)c4ccc(F)cc4)cc3)c12. The van der Waals surface area contributed by atoms with E-state index in [1.807, 2.05) is 6.92 Å². The van der Waals surface area contributed by atoms with Crippen LogP contribution in [0.2, 0.25) is 0 Å². The average molecular weight is 383 g/mol. The molecule has 0 saturated carbocycles. The molecule has 27 heavy (non-hydrogen) atoms. The normalized spacial score (nSPS) is 11.6. The molecular formula is C18H14FN5O2S. The van der Waals surface area contributed by atoms with Gasteiger partial charge in [-0.3, -0.25) is 9.82 Å². The fourth-order valence-corrected chi connectivity index (χ4v) is 3.80. The largest absolute Gasteiger partial charge is 0.280 e. The Kier molecular flexibility index (Phi) is 4.08. The highest BCUT2D eigenvalue weighted by molar-refractivity contribution is 7.92. The molecule has 2 N–H and O–H groups in total. The maximum atomic E-state index is 13.0. The van der Waals surface area contributed by atoms with Crippen LogP contribution in [0.15, 0.2) is 59.8 Å². The Morgan fingerprint density at radius 1 is 1.00 bits per heavy atom. The van der Waals surface area contributed by atoms with E-state index in [9.17, 15) is 12.8 Å². The van der Waals surface area contributed by atoms with Crippen LogP contribution in [0.5, 0.6) is 0 Å². The van der Waals surface area contributed by atoms with Crippen LogP contribution in [0.4, 0.5) is 10.1 Å². The average Bonchev–Trinajstić information content (AvgIpc) is 3.04. The number of sulfonamides is 1. The minimum absolute atomic E-state index is 0.0143. The second-order valence-corrected chi connectivity index (χ2v) is 7.59. The van der Waals surface area contributed by atoms with Crippen molar-refractivity contribution >= 4 is 26.7 Å². The quantitative estimate of drug-likeness (QED) is 0.563. The molecule has 2 heterocycles. The summed E-state index contributed by atoms with van der Waals surface area (Å²) >= 11 is 0. The molecule has 4 aromatic rings. The lowest BCUT2D eigenvalue weighted by Crippen LogP contribution is -2.12. The van der Waals surface area contributed by atoms with Gasteiger partial charge in [-0.25, -0.2) is 22.8 Å². The van der Waals surface area contributed by atoms with E-state index < -0.39 is 15.8 Å². The van der Waals surface area contributed by atoms with Gasteiger partial charge in [0.1, 0.15) is 12.1 Å². The van der Waals surface area contributed by atoms with Crippen molar-refractivity contribution in [3.8, 4) is 11.3 Å². The van der Waals surface area contributed by atoms with Crippen LogP contribution in [-0.4, -0.2) is 28.6 Å². The van der Waals surface area contributed by atoms with E-state index >= 15 is 0 Å². The zero-order chi connectivity index (χ0) is 19.0. The molecular weight excluding hydrogens is 369 g/mol. The van der Waals surface area contributed by atoms with Crippen LogP contribution in [0.25, 0.3) is 22.3 Å². The molecule has 0 unspecified atom stereocenters. The van der Waals surface area contributed by atoms with Crippen LogP contribution >= 0.6 is 0 Å². The van der Waals surface area contributed by atoms with Gasteiger partial charge in [-0.2, -0.15) is 5.10 Å². The van der Waals surface area contributed by atoms with Gasteiger partial charge in [-0.05, 0) is 43.3 Å². The smallest absolute Gasteiger partial charge is 0.261 e. The van der Waals surface area contributed by atoms with Gasteiger partial charge in [0.25, 0.3) is 10.0 Å². The third-order valence-electron chi connectivity index (χ3n) is 4.07. The standard InChI is InChI=1S/C18H14FN5O2S/c1-11-16-17(20-10-21-18(16)23-22-11)12-2-6-14(7-3-12)24-27(25,26)15-8-4-13(19)5-9-15/h2-10,24H,1H3,(H,20,21,22,23). The van der Waals surface area contributed by atoms with Crippen LogP contribution in [0.3, 0.4) is 0 Å². The van der Waals surface area contributed by atoms with E-state index in [-0.39, 0.29) is 4.90 Å². The third-order valence-corrected chi connectivity index (χ3v) is 5.46. The first-order chi connectivity index (χ1) is 12.9. The number of aromatic nitrogens is 4. The number of benzene rings is 2. The van der Waals surface area contributed by atoms with Gasteiger partial charge in [0.05, 0.1) is 16.0 Å². The van der Waals surface area contributed by atoms with Gasteiger partial charge >= 0.3 is 0 Å². The number of hydrogen-bond acceptors (Lipinski definition) is 5. The summed E-state index contributed by atoms with van der Waals surface area (Å²) in [6, 6.07) is 11.4. The number of rotatable bonds is 4. The second-order valence-electron chi connectivity index (χ2n) is 5.91. The Balaban J connectivity index is 1.64. The zero-order valence-corrected chi connectivity index (χ0v) is 15.0. The maximum Gasteiger partial charge on any atom is 0.261 e. The predicted molar refractivity (Wildman–Crippen MR) is 99.1 cm³/mol. The second kappa shape index (κ2) is 6.44. The summed E-state index contributed by atoms with van der Waals surface area (Å²) in [5, 5.41) is 7.81. The van der Waals surface area contributed by atoms with Gasteiger partial charge in [0, 0.05) is 16.9 Å². The number of halogens is 1. The van der Waals surface area contributed by atoms with E-state index in [2.05, 4.69) is 24.9 Å². The van der Waals surface area contributed by atoms with Crippen molar-refractivity contribution in [1.82, 2.24) is 20.2 Å². The Labute approximate surface area is 154 Å². The van der Waals surface area contributed by atoms with Crippen molar-refractivity contribution in [1.29, 1.82) is 0 Å². The number of anilines is 1. The van der Waals surface area contributed by atoms with Gasteiger partial charge < -0.3 is 0 Å². The topological polar surface area (TPSA) is 101 Å². The molecule has 0 aliphatic rings. The first-order valence-electron chi connectivity index (χ1n) is 7.98. The summed E-state index contributed by atoms with van der Waals surface area (Å²) < 4.78 is 40.2. The van der Waals surface area contributed by atoms with E-state index in [0.717, 1.165) is 28.8 Å². The van der Waals surface area contributed by atoms with Crippen molar-refractivity contribution in [3.05, 3.63) is 66.4 Å². The van der Waals surface area contributed by atoms with Crippen molar-refractivity contribution in [2.45, 2.75) is 11.8 Å². The molecule has 0 aliphatic heterocycles. The Hall–Kier alpha value is -3.33. The summed E-state index contributed by atoms with van der Waals surface area (Å²) in [5.41, 5.74) is 3.31. The molecule has 0 saturated heterocycles. The summed E-state index contributed by atoms with van der Waals surface area (Å²) in [5.74, 6) is -0.496. The number of hydrogen-bond donors (Lipinski definition) is 2. The molecule has 7 nitrogen and oxygen atoms in total. The summed E-state index contributed by atoms with van der Waals surface area (Å²) in [7, 11) is -3.80. The van der Waals surface area contributed by atoms with Crippen molar-refractivity contribution in [2.24, 2.45) is 0 Å². The van der Waals surface area contributed by atoms with Crippen molar-refractivity contribution < 1.29 is 12.8 Å². The van der Waals surface area contributed by atoms with Crippen LogP contribution in [-0.2, 0) is 10.0 Å². The summed E-state index contributed by atoms with van der Waals surface area (Å²) in [4.78, 5) is 8.43. The molecule has 0 radical (unpaired) electrons. The number of H-pyrrole nitrogens is 1.